The van der Waals surface area contributed by atoms with Gasteiger partial charge in [0.25, 0.3) is 11.5 Å². The van der Waals surface area contributed by atoms with Gasteiger partial charge in [0.2, 0.25) is 0 Å². The van der Waals surface area contributed by atoms with E-state index in [0.717, 1.165) is 24.2 Å². The average molecular weight is 369 g/mol. The van der Waals surface area contributed by atoms with Gasteiger partial charge in [0.05, 0.1) is 18.3 Å². The molecule has 7 nitrogen and oxygen atoms in total. The van der Waals surface area contributed by atoms with E-state index in [1.165, 1.54) is 17.5 Å². The molecule has 0 radical (unpaired) electrons. The maximum absolute atomic E-state index is 13.0. The lowest BCUT2D eigenvalue weighted by Gasteiger charge is -2.25. The minimum atomic E-state index is -0.130. The second kappa shape index (κ2) is 6.62. The highest BCUT2D eigenvalue weighted by Crippen LogP contribution is 2.39. The molecule has 1 saturated carbocycles. The summed E-state index contributed by atoms with van der Waals surface area (Å²) in [4.78, 5) is 27.1. The Bertz CT molecular complexity index is 904. The molecular weight excluding hydrogens is 342 g/mol. The fourth-order valence-corrected chi connectivity index (χ4v) is 3.67. The molecule has 27 heavy (non-hydrogen) atoms. The maximum atomic E-state index is 13.0. The van der Waals surface area contributed by atoms with Crippen LogP contribution in [0.15, 0.2) is 23.0 Å². The van der Waals surface area contributed by atoms with Crippen LogP contribution in [-0.4, -0.2) is 43.4 Å². The minimum Gasteiger partial charge on any atom is -0.332 e. The van der Waals surface area contributed by atoms with Crippen molar-refractivity contribution in [2.45, 2.75) is 70.4 Å². The molecule has 144 valence electrons. The second-order valence-corrected chi connectivity index (χ2v) is 8.77. The zero-order chi connectivity index (χ0) is 19.2. The van der Waals surface area contributed by atoms with Crippen molar-refractivity contribution in [2.75, 3.05) is 6.54 Å². The lowest BCUT2D eigenvalue weighted by molar-refractivity contribution is 0.0714. The van der Waals surface area contributed by atoms with E-state index in [2.05, 4.69) is 36.1 Å². The third kappa shape index (κ3) is 3.68. The first kappa shape index (κ1) is 17.9. The molecule has 0 bridgehead atoms. The lowest BCUT2D eigenvalue weighted by atomic mass is 9.92. The summed E-state index contributed by atoms with van der Waals surface area (Å²) in [6, 6.07) is 5.23. The largest absolute Gasteiger partial charge is 0.332 e. The van der Waals surface area contributed by atoms with Crippen LogP contribution in [0.2, 0.25) is 0 Å². The summed E-state index contributed by atoms with van der Waals surface area (Å²) in [5.41, 5.74) is 2.16. The number of nitrogens with one attached hydrogen (secondary N) is 1. The molecule has 1 aliphatic heterocycles. The van der Waals surface area contributed by atoms with Crippen molar-refractivity contribution < 1.29 is 4.79 Å². The van der Waals surface area contributed by atoms with Crippen LogP contribution in [0.25, 0.3) is 0 Å². The smallest absolute Gasteiger partial charge is 0.274 e. The molecule has 1 amide bonds. The topological polar surface area (TPSA) is 83.9 Å². The number of H-pyrrole nitrogens is 1. The average Bonchev–Trinajstić information content (AvgIpc) is 3.17. The van der Waals surface area contributed by atoms with Gasteiger partial charge in [0, 0.05) is 29.6 Å². The fourth-order valence-electron chi connectivity index (χ4n) is 3.67. The van der Waals surface area contributed by atoms with Crippen LogP contribution < -0.4 is 5.56 Å². The Hall–Kier alpha value is -2.44. The van der Waals surface area contributed by atoms with Crippen LogP contribution in [0.1, 0.15) is 74.2 Å². The van der Waals surface area contributed by atoms with Crippen molar-refractivity contribution in [2.24, 2.45) is 0 Å². The van der Waals surface area contributed by atoms with Gasteiger partial charge in [0.15, 0.2) is 0 Å². The summed E-state index contributed by atoms with van der Waals surface area (Å²) in [6.45, 7) is 7.34. The van der Waals surface area contributed by atoms with Gasteiger partial charge in [-0.1, -0.05) is 20.8 Å². The zero-order valence-electron chi connectivity index (χ0n) is 16.2. The Kier molecular flexibility index (Phi) is 4.40. The monoisotopic (exact) mass is 369 g/mol. The van der Waals surface area contributed by atoms with Gasteiger partial charge in [-0.25, -0.2) is 4.68 Å². The van der Waals surface area contributed by atoms with E-state index in [9.17, 15) is 9.59 Å². The van der Waals surface area contributed by atoms with Gasteiger partial charge < -0.3 is 4.90 Å². The number of aromatic amines is 1. The molecule has 1 atom stereocenters. The first-order valence-corrected chi connectivity index (χ1v) is 9.78. The second-order valence-electron chi connectivity index (χ2n) is 8.77. The molecule has 1 aliphatic carbocycles. The molecule has 3 heterocycles. The number of carbonyl (C=O) groups excluding carboxylic acids is 1. The first-order valence-electron chi connectivity index (χ1n) is 9.78. The standard InChI is InChI=1S/C20H27N5O2/c1-20(2,3)17-8-9-18(26)25(23-17)12-14-5-4-10-24(14)19(27)16-11-15(21-22-16)13-6-7-13/h8-9,11,13-14H,4-7,10,12H2,1-3H3,(H,21,22). The summed E-state index contributed by atoms with van der Waals surface area (Å²) in [5, 5.41) is 11.8. The molecule has 2 fully saturated rings. The van der Waals surface area contributed by atoms with E-state index >= 15 is 0 Å². The molecule has 7 heteroatoms. The van der Waals surface area contributed by atoms with Gasteiger partial charge in [0.1, 0.15) is 5.69 Å². The van der Waals surface area contributed by atoms with Crippen molar-refractivity contribution in [3.05, 3.63) is 45.6 Å². The van der Waals surface area contributed by atoms with Crippen molar-refractivity contribution in [3.63, 3.8) is 0 Å². The Morgan fingerprint density at radius 1 is 1.26 bits per heavy atom. The highest BCUT2D eigenvalue weighted by Gasteiger charge is 2.33. The SMILES string of the molecule is CC(C)(C)c1ccc(=O)n(CC2CCCN2C(=O)c2cc(C3CC3)[nH]n2)n1. The van der Waals surface area contributed by atoms with Crippen molar-refractivity contribution in [3.8, 4) is 0 Å². The van der Waals surface area contributed by atoms with E-state index in [1.807, 2.05) is 11.0 Å². The number of amides is 1. The normalized spacial score (nSPS) is 20.3. The third-order valence-electron chi connectivity index (χ3n) is 5.49. The van der Waals surface area contributed by atoms with Crippen molar-refractivity contribution in [1.29, 1.82) is 0 Å². The molecule has 0 spiro atoms. The molecule has 0 aromatic carbocycles. The molecule has 1 saturated heterocycles. The molecule has 2 aromatic rings. The summed E-state index contributed by atoms with van der Waals surface area (Å²) >= 11 is 0. The quantitative estimate of drug-likeness (QED) is 0.897. The summed E-state index contributed by atoms with van der Waals surface area (Å²) < 4.78 is 1.51. The number of hydrogen-bond donors (Lipinski definition) is 1. The first-order chi connectivity index (χ1) is 12.8. The molecular formula is C20H27N5O2. The van der Waals surface area contributed by atoms with E-state index in [-0.39, 0.29) is 22.9 Å². The molecule has 2 aromatic heterocycles. The van der Waals surface area contributed by atoms with E-state index in [4.69, 9.17) is 0 Å². The van der Waals surface area contributed by atoms with Gasteiger partial charge in [-0.15, -0.1) is 0 Å². The Balaban J connectivity index is 1.53. The molecule has 4 rings (SSSR count). The van der Waals surface area contributed by atoms with E-state index in [0.29, 0.717) is 24.7 Å². The van der Waals surface area contributed by atoms with Crippen LogP contribution >= 0.6 is 0 Å². The predicted octanol–water partition coefficient (Wildman–Crippen LogP) is 2.45. The van der Waals surface area contributed by atoms with Crippen molar-refractivity contribution >= 4 is 5.91 Å². The molecule has 1 N–H and O–H groups in total. The predicted molar refractivity (Wildman–Crippen MR) is 102 cm³/mol. The minimum absolute atomic E-state index is 0.0287. The van der Waals surface area contributed by atoms with Crippen LogP contribution in [0, 0.1) is 0 Å². The summed E-state index contributed by atoms with van der Waals surface area (Å²) in [7, 11) is 0. The number of carbonyl (C=O) groups is 1. The van der Waals surface area contributed by atoms with Gasteiger partial charge in [-0.05, 0) is 37.8 Å². The number of rotatable bonds is 4. The van der Waals surface area contributed by atoms with E-state index < -0.39 is 0 Å². The number of hydrogen-bond acceptors (Lipinski definition) is 4. The van der Waals surface area contributed by atoms with Gasteiger partial charge in [-0.3, -0.25) is 14.7 Å². The fraction of sp³-hybridized carbons (Fsp3) is 0.600. The van der Waals surface area contributed by atoms with Crippen LogP contribution in [0.4, 0.5) is 0 Å². The molecule has 2 aliphatic rings. The number of likely N-dealkylation sites (tertiary alicyclic amines) is 1. The van der Waals surface area contributed by atoms with Gasteiger partial charge in [-0.2, -0.15) is 10.2 Å². The zero-order valence-corrected chi connectivity index (χ0v) is 16.2. The molecule has 1 unspecified atom stereocenters. The highest BCUT2D eigenvalue weighted by molar-refractivity contribution is 5.92. The van der Waals surface area contributed by atoms with Crippen LogP contribution in [-0.2, 0) is 12.0 Å². The maximum Gasteiger partial charge on any atom is 0.274 e. The lowest BCUT2D eigenvalue weighted by Crippen LogP contribution is -2.41. The third-order valence-corrected chi connectivity index (χ3v) is 5.49. The van der Waals surface area contributed by atoms with Crippen LogP contribution in [0.3, 0.4) is 0 Å². The van der Waals surface area contributed by atoms with Crippen LogP contribution in [0.5, 0.6) is 0 Å². The van der Waals surface area contributed by atoms with Crippen molar-refractivity contribution in [1.82, 2.24) is 24.9 Å². The Labute approximate surface area is 158 Å². The Morgan fingerprint density at radius 3 is 2.74 bits per heavy atom. The summed E-state index contributed by atoms with van der Waals surface area (Å²) in [6.07, 6.45) is 4.14. The number of aromatic nitrogens is 4. The van der Waals surface area contributed by atoms with Gasteiger partial charge >= 0.3 is 0 Å². The van der Waals surface area contributed by atoms with E-state index in [1.54, 1.807) is 12.1 Å². The Morgan fingerprint density at radius 2 is 2.04 bits per heavy atom. The summed E-state index contributed by atoms with van der Waals surface area (Å²) in [5.74, 6) is 0.483. The number of nitrogens with zero attached hydrogens (tertiary/aromatic N) is 4. The highest BCUT2D eigenvalue weighted by atomic mass is 16.2.